The van der Waals surface area contributed by atoms with Gasteiger partial charge in [-0.15, -0.1) is 0 Å². The summed E-state index contributed by atoms with van der Waals surface area (Å²) in [6.07, 6.45) is 56.0. The summed E-state index contributed by atoms with van der Waals surface area (Å²) in [5.74, 6) is -0.0897. The lowest BCUT2D eigenvalue weighted by molar-refractivity contribution is -0.143. The van der Waals surface area contributed by atoms with Crippen LogP contribution in [0.2, 0.25) is 0 Å². The van der Waals surface area contributed by atoms with Gasteiger partial charge in [0, 0.05) is 12.8 Å². The molecule has 0 aliphatic carbocycles. The zero-order valence-corrected chi connectivity index (χ0v) is 38.8. The Morgan fingerprint density at radius 3 is 1.22 bits per heavy atom. The van der Waals surface area contributed by atoms with Crippen LogP contribution in [0.15, 0.2) is 24.3 Å². The summed E-state index contributed by atoms with van der Waals surface area (Å²) in [6, 6.07) is -0.638. The van der Waals surface area contributed by atoms with Crippen LogP contribution in [-0.4, -0.2) is 47.4 Å². The monoisotopic (exact) mass is 818 g/mol. The lowest BCUT2D eigenvalue weighted by Crippen LogP contribution is -2.45. The molecule has 0 fully saturated rings. The van der Waals surface area contributed by atoms with Crippen molar-refractivity contribution in [3.63, 3.8) is 0 Å². The number of rotatable bonds is 47. The van der Waals surface area contributed by atoms with Crippen LogP contribution in [0, 0.1) is 0 Å². The third-order valence-electron chi connectivity index (χ3n) is 11.7. The third-order valence-corrected chi connectivity index (χ3v) is 11.7. The molecular weight excluding hydrogens is 719 g/mol. The van der Waals surface area contributed by atoms with Gasteiger partial charge in [0.2, 0.25) is 5.91 Å². The minimum absolute atomic E-state index is 0.00456. The van der Waals surface area contributed by atoms with Gasteiger partial charge in [-0.25, -0.2) is 0 Å². The van der Waals surface area contributed by atoms with E-state index < -0.39 is 12.1 Å². The molecule has 58 heavy (non-hydrogen) atoms. The van der Waals surface area contributed by atoms with E-state index in [1.54, 1.807) is 6.08 Å². The van der Waals surface area contributed by atoms with Crippen LogP contribution in [0.3, 0.4) is 0 Å². The summed E-state index contributed by atoms with van der Waals surface area (Å²) >= 11 is 0. The molecule has 0 saturated heterocycles. The van der Waals surface area contributed by atoms with Crippen LogP contribution < -0.4 is 5.32 Å². The number of hydrogen-bond donors (Lipinski definition) is 3. The largest absolute Gasteiger partial charge is 0.466 e. The van der Waals surface area contributed by atoms with E-state index in [0.717, 1.165) is 64.2 Å². The minimum atomic E-state index is -0.853. The number of carbonyl (C=O) groups is 2. The molecule has 0 saturated carbocycles. The molecule has 0 aromatic heterocycles. The second-order valence-electron chi connectivity index (χ2n) is 17.5. The normalized spacial score (nSPS) is 12.8. The van der Waals surface area contributed by atoms with Crippen LogP contribution in [0.5, 0.6) is 0 Å². The van der Waals surface area contributed by atoms with Crippen molar-refractivity contribution in [3.05, 3.63) is 24.3 Å². The molecule has 0 aromatic carbocycles. The number of allylic oxidation sites excluding steroid dienone is 3. The number of nitrogens with one attached hydrogen (secondary N) is 1. The first-order valence-corrected chi connectivity index (χ1v) is 25.6. The molecule has 2 atom stereocenters. The first-order valence-electron chi connectivity index (χ1n) is 25.6. The molecule has 0 heterocycles. The fraction of sp³-hybridized carbons (Fsp3) is 0.885. The molecular formula is C52H99NO5. The minimum Gasteiger partial charge on any atom is -0.466 e. The molecule has 0 aromatic rings. The molecule has 0 bridgehead atoms. The van der Waals surface area contributed by atoms with Gasteiger partial charge in [-0.2, -0.15) is 0 Å². The quantitative estimate of drug-likeness (QED) is 0.0323. The molecule has 3 N–H and O–H groups in total. The van der Waals surface area contributed by atoms with E-state index in [2.05, 4.69) is 31.3 Å². The molecule has 342 valence electrons. The van der Waals surface area contributed by atoms with Crippen LogP contribution in [0.25, 0.3) is 0 Å². The molecule has 1 amide bonds. The van der Waals surface area contributed by atoms with Gasteiger partial charge in [-0.1, -0.05) is 224 Å². The summed E-state index contributed by atoms with van der Waals surface area (Å²) in [7, 11) is 0. The van der Waals surface area contributed by atoms with Crippen molar-refractivity contribution in [2.45, 2.75) is 283 Å². The second kappa shape index (κ2) is 48.0. The number of ether oxygens (including phenoxy) is 1. The summed E-state index contributed by atoms with van der Waals surface area (Å²) < 4.78 is 5.44. The number of unbranched alkanes of at least 4 members (excludes halogenated alkanes) is 34. The van der Waals surface area contributed by atoms with E-state index in [9.17, 15) is 19.8 Å². The molecule has 0 aliphatic rings. The molecule has 0 spiro atoms. The molecule has 0 rings (SSSR count). The van der Waals surface area contributed by atoms with Gasteiger partial charge in [0.1, 0.15) is 0 Å². The van der Waals surface area contributed by atoms with Gasteiger partial charge in [-0.05, 0) is 57.8 Å². The Morgan fingerprint density at radius 1 is 0.466 bits per heavy atom. The van der Waals surface area contributed by atoms with Crippen molar-refractivity contribution in [1.82, 2.24) is 5.32 Å². The fourth-order valence-corrected chi connectivity index (χ4v) is 7.74. The Morgan fingerprint density at radius 2 is 0.810 bits per heavy atom. The Bertz CT molecular complexity index is 904. The van der Waals surface area contributed by atoms with Gasteiger partial charge < -0.3 is 20.3 Å². The predicted molar refractivity (Wildman–Crippen MR) is 250 cm³/mol. The Hall–Kier alpha value is -1.66. The highest BCUT2D eigenvalue weighted by atomic mass is 16.5. The van der Waals surface area contributed by atoms with E-state index in [1.165, 1.54) is 180 Å². The van der Waals surface area contributed by atoms with Gasteiger partial charge in [0.15, 0.2) is 0 Å². The second-order valence-corrected chi connectivity index (χ2v) is 17.5. The number of aliphatic hydroxyl groups excluding tert-OH is 2. The highest BCUT2D eigenvalue weighted by Gasteiger charge is 2.18. The highest BCUT2D eigenvalue weighted by molar-refractivity contribution is 5.76. The van der Waals surface area contributed by atoms with Crippen molar-refractivity contribution < 1.29 is 24.5 Å². The molecule has 6 nitrogen and oxygen atoms in total. The van der Waals surface area contributed by atoms with Crippen LogP contribution in [-0.2, 0) is 14.3 Å². The van der Waals surface area contributed by atoms with Crippen molar-refractivity contribution >= 4 is 11.9 Å². The van der Waals surface area contributed by atoms with E-state index >= 15 is 0 Å². The van der Waals surface area contributed by atoms with E-state index in [4.69, 9.17) is 4.74 Å². The van der Waals surface area contributed by atoms with Crippen LogP contribution in [0.1, 0.15) is 271 Å². The maximum atomic E-state index is 12.4. The smallest absolute Gasteiger partial charge is 0.305 e. The van der Waals surface area contributed by atoms with Crippen molar-refractivity contribution in [1.29, 1.82) is 0 Å². The van der Waals surface area contributed by atoms with Gasteiger partial charge in [0.05, 0.1) is 25.4 Å². The van der Waals surface area contributed by atoms with Gasteiger partial charge in [0.25, 0.3) is 0 Å². The summed E-state index contributed by atoms with van der Waals surface area (Å²) in [4.78, 5) is 24.4. The van der Waals surface area contributed by atoms with Crippen LogP contribution >= 0.6 is 0 Å². The Balaban J connectivity index is 3.51. The number of hydrogen-bond acceptors (Lipinski definition) is 5. The molecule has 0 aliphatic heterocycles. The van der Waals surface area contributed by atoms with Crippen molar-refractivity contribution in [2.24, 2.45) is 0 Å². The average molecular weight is 818 g/mol. The standard InChI is InChI=1S/C52H99NO5/c1-3-5-7-9-11-13-15-16-21-25-28-32-36-40-44-50(55)49(48-54)53-51(56)45-41-37-33-29-26-22-19-17-18-20-23-27-31-35-39-43-47-58-52(57)46-42-38-34-30-24-14-12-10-8-6-4-2/h17,19,40,44,49-50,54-55H,3-16,18,20-39,41-43,45-48H2,1-2H3,(H,53,56)/b19-17-,44-40+. The van der Waals surface area contributed by atoms with Crippen LogP contribution in [0.4, 0.5) is 0 Å². The van der Waals surface area contributed by atoms with Gasteiger partial charge in [-0.3, -0.25) is 9.59 Å². The number of amides is 1. The summed E-state index contributed by atoms with van der Waals surface area (Å²) in [6.45, 7) is 4.87. The summed E-state index contributed by atoms with van der Waals surface area (Å²) in [5.41, 5.74) is 0. The number of aliphatic hydroxyl groups is 2. The van der Waals surface area contributed by atoms with E-state index in [0.29, 0.717) is 19.4 Å². The predicted octanol–water partition coefficient (Wildman–Crippen LogP) is 15.1. The number of esters is 1. The maximum Gasteiger partial charge on any atom is 0.305 e. The van der Waals surface area contributed by atoms with Gasteiger partial charge >= 0.3 is 5.97 Å². The lowest BCUT2D eigenvalue weighted by atomic mass is 10.0. The summed E-state index contributed by atoms with van der Waals surface area (Å²) in [5, 5.41) is 23.0. The number of carbonyl (C=O) groups excluding carboxylic acids is 2. The third kappa shape index (κ3) is 43.9. The average Bonchev–Trinajstić information content (AvgIpc) is 3.22. The van der Waals surface area contributed by atoms with E-state index in [-0.39, 0.29) is 18.5 Å². The highest BCUT2D eigenvalue weighted by Crippen LogP contribution is 2.15. The Kier molecular flexibility index (Phi) is 46.6. The van der Waals surface area contributed by atoms with Crippen molar-refractivity contribution in [2.75, 3.05) is 13.2 Å². The zero-order valence-electron chi connectivity index (χ0n) is 38.8. The Labute approximate surface area is 361 Å². The van der Waals surface area contributed by atoms with Crippen molar-refractivity contribution in [3.8, 4) is 0 Å². The molecule has 0 radical (unpaired) electrons. The first kappa shape index (κ1) is 56.3. The maximum absolute atomic E-state index is 12.4. The first-order chi connectivity index (χ1) is 28.5. The zero-order chi connectivity index (χ0) is 42.3. The molecule has 6 heteroatoms. The topological polar surface area (TPSA) is 95.9 Å². The van der Waals surface area contributed by atoms with E-state index in [1.807, 2.05) is 6.08 Å². The SMILES string of the molecule is CCCCCCCCCCCCCC/C=C/C(O)C(CO)NC(=O)CCCCCCC/C=C\CCCCCCCCCOC(=O)CCCCCCCCCCCCC. The fourth-order valence-electron chi connectivity index (χ4n) is 7.74. The molecule has 2 unspecified atom stereocenters. The lowest BCUT2D eigenvalue weighted by Gasteiger charge is -2.20.